The Morgan fingerprint density at radius 1 is 0.857 bits per heavy atom. The molecule has 4 aromatic carbocycles. The van der Waals surface area contributed by atoms with Crippen molar-refractivity contribution in [1.82, 2.24) is 9.80 Å². The van der Waals surface area contributed by atoms with Gasteiger partial charge >= 0.3 is 18.5 Å². The van der Waals surface area contributed by atoms with Crippen molar-refractivity contribution in [2.45, 2.75) is 57.5 Å². The van der Waals surface area contributed by atoms with Crippen LogP contribution in [0.4, 0.5) is 45.2 Å². The van der Waals surface area contributed by atoms with Crippen molar-refractivity contribution < 1.29 is 58.9 Å². The number of carbonyl (C=O) groups excluding carboxylic acids is 2. The zero-order chi connectivity index (χ0) is 41.2. The number of anilines is 1. The Morgan fingerprint density at radius 3 is 2.05 bits per heavy atom. The number of aliphatic hydroxyl groups excluding tert-OH is 1. The van der Waals surface area contributed by atoms with Crippen LogP contribution in [0.1, 0.15) is 52.0 Å². The number of ether oxygens (including phenoxy) is 1. The SMILES string of the molecule is C[C@@H]1CN([C@@H](C)CO)C(=O)c2cccc(NC(=O)Cc3ccc(C(F)(F)F)cc3)c2O[C@@H]1CN(C)Cc1ccc(-c2ccc(C(F)(F)F)cc2C(F)(F)F)cc1. The fourth-order valence-corrected chi connectivity index (χ4v) is 6.43. The Labute approximate surface area is 316 Å². The number of aliphatic hydroxyl groups is 1. The van der Waals surface area contributed by atoms with Crippen LogP contribution in [0.5, 0.6) is 5.75 Å². The van der Waals surface area contributed by atoms with E-state index in [4.69, 9.17) is 4.74 Å². The molecule has 0 unspecified atom stereocenters. The highest BCUT2D eigenvalue weighted by Gasteiger charge is 2.39. The number of carbonyl (C=O) groups is 2. The molecule has 2 amide bonds. The molecule has 3 atom stereocenters. The van der Waals surface area contributed by atoms with Gasteiger partial charge in [-0.05, 0) is 72.6 Å². The second-order valence-electron chi connectivity index (χ2n) is 13.9. The molecule has 0 aromatic heterocycles. The molecule has 0 aliphatic carbocycles. The highest BCUT2D eigenvalue weighted by molar-refractivity contribution is 6.02. The molecule has 1 heterocycles. The van der Waals surface area contributed by atoms with Crippen LogP contribution in [-0.2, 0) is 36.3 Å². The normalized spacial score (nSPS) is 17.2. The summed E-state index contributed by atoms with van der Waals surface area (Å²) in [5.74, 6) is -1.33. The van der Waals surface area contributed by atoms with E-state index in [1.54, 1.807) is 26.1 Å². The number of rotatable bonds is 10. The number of likely N-dealkylation sites (N-methyl/N-ethyl adjacent to an activating group) is 1. The van der Waals surface area contributed by atoms with E-state index in [0.29, 0.717) is 17.2 Å². The van der Waals surface area contributed by atoms with Crippen LogP contribution in [-0.4, -0.2) is 65.6 Å². The molecule has 0 saturated heterocycles. The smallest absolute Gasteiger partial charge is 0.417 e. The molecule has 2 N–H and O–H groups in total. The molecule has 16 heteroatoms. The first kappa shape index (κ1) is 42.1. The van der Waals surface area contributed by atoms with Gasteiger partial charge in [0.05, 0.1) is 47.0 Å². The molecule has 0 fully saturated rings. The van der Waals surface area contributed by atoms with Crippen molar-refractivity contribution in [2.75, 3.05) is 32.1 Å². The molecular formula is C40H38F9N3O4. The molecule has 0 spiro atoms. The van der Waals surface area contributed by atoms with E-state index in [0.717, 1.165) is 18.2 Å². The maximum Gasteiger partial charge on any atom is 0.417 e. The van der Waals surface area contributed by atoms with Gasteiger partial charge in [0.15, 0.2) is 5.75 Å². The molecule has 1 aliphatic rings. The maximum atomic E-state index is 13.8. The second-order valence-corrected chi connectivity index (χ2v) is 13.9. The first-order valence-electron chi connectivity index (χ1n) is 17.4. The predicted octanol–water partition coefficient (Wildman–Crippen LogP) is 8.94. The van der Waals surface area contributed by atoms with Crippen LogP contribution in [0.15, 0.2) is 84.9 Å². The molecule has 5 rings (SSSR count). The van der Waals surface area contributed by atoms with Crippen molar-refractivity contribution >= 4 is 17.5 Å². The van der Waals surface area contributed by atoms with Crippen LogP contribution in [0, 0.1) is 5.92 Å². The third-order valence-corrected chi connectivity index (χ3v) is 9.47. The average Bonchev–Trinajstić information content (AvgIpc) is 3.12. The first-order chi connectivity index (χ1) is 26.1. The van der Waals surface area contributed by atoms with Crippen molar-refractivity contribution in [3.8, 4) is 16.9 Å². The van der Waals surface area contributed by atoms with E-state index < -0.39 is 64.7 Å². The van der Waals surface area contributed by atoms with Gasteiger partial charge in [-0.1, -0.05) is 55.5 Å². The lowest BCUT2D eigenvalue weighted by Crippen LogP contribution is -2.49. The standard InChI is InChI=1S/C40H38F9N3O4/c1-23-19-52(24(2)22-53)37(55)31-5-4-6-33(50-35(54)17-25-9-13-28(14-10-25)38(41,42)43)36(31)56-34(23)21-51(3)20-26-7-11-27(12-8-26)30-16-15-29(39(44,45)46)18-32(30)40(47,48)49/h4-16,18,23-24,34,53H,17,19-22H2,1-3H3,(H,50,54)/t23-,24+,34-/m1/s1. The fraction of sp³-hybridized carbons (Fsp3) is 0.350. The Bertz CT molecular complexity index is 2010. The van der Waals surface area contributed by atoms with Gasteiger partial charge in [0.25, 0.3) is 5.91 Å². The number of nitrogens with one attached hydrogen (secondary N) is 1. The summed E-state index contributed by atoms with van der Waals surface area (Å²) >= 11 is 0. The van der Waals surface area contributed by atoms with Crippen molar-refractivity contribution in [3.05, 3.63) is 118 Å². The minimum absolute atomic E-state index is 0.0553. The maximum absolute atomic E-state index is 13.8. The summed E-state index contributed by atoms with van der Waals surface area (Å²) in [5.41, 5.74) is -2.79. The van der Waals surface area contributed by atoms with Crippen LogP contribution >= 0.6 is 0 Å². The van der Waals surface area contributed by atoms with Crippen molar-refractivity contribution in [1.29, 1.82) is 0 Å². The van der Waals surface area contributed by atoms with Crippen molar-refractivity contribution in [2.24, 2.45) is 5.92 Å². The number of halogens is 9. The number of nitrogens with zero attached hydrogens (tertiary/aromatic N) is 2. The van der Waals surface area contributed by atoms with E-state index in [2.05, 4.69) is 5.32 Å². The minimum atomic E-state index is -5.04. The summed E-state index contributed by atoms with van der Waals surface area (Å²) < 4.78 is 127. The summed E-state index contributed by atoms with van der Waals surface area (Å²) in [7, 11) is 1.76. The Hall–Kier alpha value is -5.09. The van der Waals surface area contributed by atoms with Gasteiger partial charge < -0.3 is 20.1 Å². The van der Waals surface area contributed by atoms with Crippen molar-refractivity contribution in [3.63, 3.8) is 0 Å². The highest BCUT2D eigenvalue weighted by Crippen LogP contribution is 2.41. The lowest BCUT2D eigenvalue weighted by Gasteiger charge is -2.38. The Balaban J connectivity index is 1.37. The molecule has 56 heavy (non-hydrogen) atoms. The molecular weight excluding hydrogens is 757 g/mol. The zero-order valence-corrected chi connectivity index (χ0v) is 30.3. The second kappa shape index (κ2) is 16.6. The van der Waals surface area contributed by atoms with E-state index in [-0.39, 0.29) is 67.2 Å². The van der Waals surface area contributed by atoms with Gasteiger partial charge in [-0.15, -0.1) is 0 Å². The third kappa shape index (κ3) is 10.0. The topological polar surface area (TPSA) is 82.1 Å². The van der Waals surface area contributed by atoms with Crippen LogP contribution in [0.3, 0.4) is 0 Å². The molecule has 0 radical (unpaired) electrons. The van der Waals surface area contributed by atoms with Gasteiger partial charge in [-0.2, -0.15) is 39.5 Å². The molecule has 4 aromatic rings. The third-order valence-electron chi connectivity index (χ3n) is 9.47. The predicted molar refractivity (Wildman–Crippen MR) is 190 cm³/mol. The molecule has 7 nitrogen and oxygen atoms in total. The number of alkyl halides is 9. The number of fused-ring (bicyclic) bond motifs is 1. The number of para-hydroxylation sites is 1. The van der Waals surface area contributed by atoms with Crippen LogP contribution in [0.25, 0.3) is 11.1 Å². The van der Waals surface area contributed by atoms with E-state index >= 15 is 0 Å². The van der Waals surface area contributed by atoms with Gasteiger partial charge in [-0.25, -0.2) is 0 Å². The number of benzene rings is 4. The monoisotopic (exact) mass is 795 g/mol. The highest BCUT2D eigenvalue weighted by atomic mass is 19.4. The summed E-state index contributed by atoms with van der Waals surface area (Å²) in [6.45, 7) is 3.87. The summed E-state index contributed by atoms with van der Waals surface area (Å²) in [6.07, 6.45) is -15.4. The van der Waals surface area contributed by atoms with Gasteiger partial charge in [-0.3, -0.25) is 14.5 Å². The fourth-order valence-electron chi connectivity index (χ4n) is 6.43. The lowest BCUT2D eigenvalue weighted by atomic mass is 9.96. The van der Waals surface area contributed by atoms with E-state index in [9.17, 15) is 54.2 Å². The Kier molecular flexibility index (Phi) is 12.4. The summed E-state index contributed by atoms with van der Waals surface area (Å²) in [6, 6.07) is 15.5. The van der Waals surface area contributed by atoms with E-state index in [1.807, 2.05) is 11.8 Å². The summed E-state index contributed by atoms with van der Waals surface area (Å²) in [5, 5.41) is 12.7. The lowest BCUT2D eigenvalue weighted by molar-refractivity contribution is -0.143. The quantitative estimate of drug-likeness (QED) is 0.157. The largest absolute Gasteiger partial charge is 0.486 e. The Morgan fingerprint density at radius 2 is 1.46 bits per heavy atom. The molecule has 300 valence electrons. The molecule has 1 aliphatic heterocycles. The van der Waals surface area contributed by atoms with Crippen LogP contribution < -0.4 is 10.1 Å². The van der Waals surface area contributed by atoms with Crippen LogP contribution in [0.2, 0.25) is 0 Å². The number of amides is 2. The molecule has 0 saturated carbocycles. The van der Waals surface area contributed by atoms with Gasteiger partial charge in [0.1, 0.15) is 6.10 Å². The zero-order valence-electron chi connectivity index (χ0n) is 30.3. The van der Waals surface area contributed by atoms with Gasteiger partial charge in [0, 0.05) is 25.6 Å². The van der Waals surface area contributed by atoms with Gasteiger partial charge in [0.2, 0.25) is 5.91 Å². The van der Waals surface area contributed by atoms with E-state index in [1.165, 1.54) is 47.4 Å². The molecule has 0 bridgehead atoms. The number of hydrogen-bond acceptors (Lipinski definition) is 5. The minimum Gasteiger partial charge on any atom is -0.486 e. The number of hydrogen-bond donors (Lipinski definition) is 2. The summed E-state index contributed by atoms with van der Waals surface area (Å²) in [4.78, 5) is 30.3. The first-order valence-corrected chi connectivity index (χ1v) is 17.4. The average molecular weight is 796 g/mol.